The fourth-order valence-corrected chi connectivity index (χ4v) is 4.64. The molecule has 138 valence electrons. The minimum atomic E-state index is 0.387. The minimum Gasteiger partial charge on any atom is -0.314 e. The third-order valence-corrected chi connectivity index (χ3v) is 5.85. The lowest BCUT2D eigenvalue weighted by atomic mass is 9.95. The molecule has 1 aliphatic heterocycles. The molecular weight excluding hydrogens is 318 g/mol. The van der Waals surface area contributed by atoms with Crippen molar-refractivity contribution in [2.24, 2.45) is 0 Å². The zero-order valence-electron chi connectivity index (χ0n) is 16.6. The number of likely N-dealkylation sites (tertiary alicyclic amines) is 1. The Labute approximate surface area is 158 Å². The number of rotatable bonds is 6. The molecule has 1 fully saturated rings. The molecule has 2 nitrogen and oxygen atoms in total. The summed E-state index contributed by atoms with van der Waals surface area (Å²) in [5, 5.41) is 0. The number of nitrogens with zero attached hydrogens (tertiary/aromatic N) is 1. The van der Waals surface area contributed by atoms with Gasteiger partial charge in [-0.2, -0.15) is 0 Å². The summed E-state index contributed by atoms with van der Waals surface area (Å²) in [7, 11) is 0. The second-order valence-corrected chi connectivity index (χ2v) is 8.24. The Morgan fingerprint density at radius 2 is 1.54 bits per heavy atom. The number of hydrogen-bond donors (Lipinski definition) is 0. The van der Waals surface area contributed by atoms with Gasteiger partial charge in [0.15, 0.2) is 5.78 Å². The number of piperidine rings is 1. The Kier molecular flexibility index (Phi) is 5.93. The van der Waals surface area contributed by atoms with Gasteiger partial charge in [0, 0.05) is 12.0 Å². The SMILES string of the molecule is Cc1cc(C)c(CC(=O)C[N+]2(Cc3ccccc3)CCCCC2)c(C)c1. The number of Topliss-reactive ketones (excluding diaryl/α,β-unsaturated/α-hetero) is 1. The van der Waals surface area contributed by atoms with Gasteiger partial charge in [0.05, 0.1) is 13.1 Å². The van der Waals surface area contributed by atoms with Crippen molar-refractivity contribution in [2.75, 3.05) is 19.6 Å². The highest BCUT2D eigenvalue weighted by molar-refractivity contribution is 5.82. The van der Waals surface area contributed by atoms with Crippen LogP contribution >= 0.6 is 0 Å². The van der Waals surface area contributed by atoms with E-state index in [1.807, 2.05) is 0 Å². The number of ketones is 1. The van der Waals surface area contributed by atoms with Crippen LogP contribution < -0.4 is 0 Å². The van der Waals surface area contributed by atoms with Crippen LogP contribution in [0, 0.1) is 20.8 Å². The van der Waals surface area contributed by atoms with Crippen molar-refractivity contribution in [1.29, 1.82) is 0 Å². The predicted molar refractivity (Wildman–Crippen MR) is 108 cm³/mol. The zero-order valence-corrected chi connectivity index (χ0v) is 16.6. The number of benzene rings is 2. The second-order valence-electron chi connectivity index (χ2n) is 8.24. The molecule has 0 aliphatic carbocycles. The number of hydrogen-bond acceptors (Lipinski definition) is 1. The van der Waals surface area contributed by atoms with Crippen LogP contribution in [0.15, 0.2) is 42.5 Å². The van der Waals surface area contributed by atoms with Crippen molar-refractivity contribution in [3.63, 3.8) is 0 Å². The van der Waals surface area contributed by atoms with Gasteiger partial charge in [-0.15, -0.1) is 0 Å². The van der Waals surface area contributed by atoms with E-state index in [9.17, 15) is 4.79 Å². The third-order valence-electron chi connectivity index (χ3n) is 5.85. The lowest BCUT2D eigenvalue weighted by Gasteiger charge is -2.41. The van der Waals surface area contributed by atoms with Crippen molar-refractivity contribution in [2.45, 2.75) is 53.0 Å². The molecule has 3 rings (SSSR count). The van der Waals surface area contributed by atoms with Crippen LogP contribution in [0.25, 0.3) is 0 Å². The Bertz CT molecular complexity index is 734. The molecule has 2 aromatic rings. The van der Waals surface area contributed by atoms with Gasteiger partial charge in [-0.3, -0.25) is 4.79 Å². The first-order valence-corrected chi connectivity index (χ1v) is 9.95. The first kappa shape index (κ1) is 18.8. The van der Waals surface area contributed by atoms with E-state index in [4.69, 9.17) is 0 Å². The minimum absolute atomic E-state index is 0.387. The molecule has 26 heavy (non-hydrogen) atoms. The van der Waals surface area contributed by atoms with Gasteiger partial charge in [0.1, 0.15) is 13.1 Å². The van der Waals surface area contributed by atoms with Gasteiger partial charge >= 0.3 is 0 Å². The van der Waals surface area contributed by atoms with Crippen LogP contribution in [0.3, 0.4) is 0 Å². The summed E-state index contributed by atoms with van der Waals surface area (Å²) in [5.41, 5.74) is 6.37. The van der Waals surface area contributed by atoms with Crippen molar-refractivity contribution >= 4 is 5.78 Å². The Balaban J connectivity index is 1.76. The van der Waals surface area contributed by atoms with Crippen molar-refractivity contribution in [3.05, 3.63) is 70.3 Å². The Hall–Kier alpha value is -1.93. The van der Waals surface area contributed by atoms with E-state index in [0.29, 0.717) is 18.7 Å². The van der Waals surface area contributed by atoms with E-state index in [0.717, 1.165) is 24.1 Å². The molecular formula is C24H32NO+. The maximum Gasteiger partial charge on any atom is 0.191 e. The fourth-order valence-electron chi connectivity index (χ4n) is 4.64. The Morgan fingerprint density at radius 1 is 0.923 bits per heavy atom. The van der Waals surface area contributed by atoms with Crippen LogP contribution in [-0.2, 0) is 17.8 Å². The van der Waals surface area contributed by atoms with Gasteiger partial charge in [0.2, 0.25) is 0 Å². The van der Waals surface area contributed by atoms with Gasteiger partial charge < -0.3 is 4.48 Å². The van der Waals surface area contributed by atoms with E-state index in [1.54, 1.807) is 0 Å². The lowest BCUT2D eigenvalue weighted by molar-refractivity contribution is -0.937. The van der Waals surface area contributed by atoms with Crippen LogP contribution in [0.4, 0.5) is 0 Å². The maximum atomic E-state index is 13.0. The van der Waals surface area contributed by atoms with Gasteiger partial charge in [-0.1, -0.05) is 48.0 Å². The molecule has 0 saturated carbocycles. The molecule has 2 aromatic carbocycles. The molecule has 0 atom stereocenters. The molecule has 0 bridgehead atoms. The monoisotopic (exact) mass is 350 g/mol. The molecule has 0 unspecified atom stereocenters. The van der Waals surface area contributed by atoms with Crippen molar-refractivity contribution in [1.82, 2.24) is 0 Å². The van der Waals surface area contributed by atoms with Crippen LogP contribution in [0.1, 0.15) is 47.1 Å². The van der Waals surface area contributed by atoms with Crippen molar-refractivity contribution in [3.8, 4) is 0 Å². The molecule has 1 aliphatic rings. The van der Waals surface area contributed by atoms with E-state index in [-0.39, 0.29) is 0 Å². The summed E-state index contributed by atoms with van der Waals surface area (Å²) in [4.78, 5) is 13.0. The number of carbonyl (C=O) groups excluding carboxylic acids is 1. The highest BCUT2D eigenvalue weighted by atomic mass is 16.1. The van der Waals surface area contributed by atoms with Gasteiger partial charge in [0.25, 0.3) is 0 Å². The summed E-state index contributed by atoms with van der Waals surface area (Å²) in [5.74, 6) is 0.387. The third kappa shape index (κ3) is 4.62. The average Bonchev–Trinajstić information content (AvgIpc) is 2.59. The molecule has 1 heterocycles. The first-order chi connectivity index (χ1) is 12.5. The fraction of sp³-hybridized carbons (Fsp3) is 0.458. The van der Waals surface area contributed by atoms with Crippen molar-refractivity contribution < 1.29 is 9.28 Å². The summed E-state index contributed by atoms with van der Waals surface area (Å²) in [6, 6.07) is 15.1. The summed E-state index contributed by atoms with van der Waals surface area (Å²) < 4.78 is 0.937. The highest BCUT2D eigenvalue weighted by Crippen LogP contribution is 2.24. The Morgan fingerprint density at radius 3 is 2.15 bits per heavy atom. The van der Waals surface area contributed by atoms with E-state index in [2.05, 4.69) is 63.2 Å². The highest BCUT2D eigenvalue weighted by Gasteiger charge is 2.32. The molecule has 1 saturated heterocycles. The van der Waals surface area contributed by atoms with E-state index in [1.165, 1.54) is 47.1 Å². The van der Waals surface area contributed by atoms with E-state index >= 15 is 0 Å². The standard InChI is InChI=1S/C24H32NO/c1-19-14-20(2)24(21(3)15-19)16-23(26)18-25(12-8-5-9-13-25)17-22-10-6-4-7-11-22/h4,6-7,10-11,14-15H,5,8-9,12-13,16-18H2,1-3H3/q+1. The largest absolute Gasteiger partial charge is 0.314 e. The summed E-state index contributed by atoms with van der Waals surface area (Å²) in [6.07, 6.45) is 4.36. The number of quaternary nitrogens is 1. The summed E-state index contributed by atoms with van der Waals surface area (Å²) in [6.45, 7) is 10.3. The second kappa shape index (κ2) is 8.18. The van der Waals surface area contributed by atoms with Crippen LogP contribution in [-0.4, -0.2) is 29.9 Å². The molecule has 0 aromatic heterocycles. The maximum absolute atomic E-state index is 13.0. The molecule has 0 radical (unpaired) electrons. The number of aryl methyl sites for hydroxylation is 3. The molecule has 0 amide bonds. The molecule has 0 spiro atoms. The zero-order chi connectivity index (χ0) is 18.6. The quantitative estimate of drug-likeness (QED) is 0.676. The molecule has 2 heteroatoms. The number of carbonyl (C=O) groups is 1. The van der Waals surface area contributed by atoms with Crippen LogP contribution in [0.5, 0.6) is 0 Å². The normalized spacial score (nSPS) is 16.4. The van der Waals surface area contributed by atoms with Crippen LogP contribution in [0.2, 0.25) is 0 Å². The first-order valence-electron chi connectivity index (χ1n) is 9.95. The molecule has 0 N–H and O–H groups in total. The lowest BCUT2D eigenvalue weighted by Crippen LogP contribution is -2.53. The smallest absolute Gasteiger partial charge is 0.191 e. The summed E-state index contributed by atoms with van der Waals surface area (Å²) >= 11 is 0. The predicted octanol–water partition coefficient (Wildman–Crippen LogP) is 4.92. The topological polar surface area (TPSA) is 17.1 Å². The van der Waals surface area contributed by atoms with E-state index < -0.39 is 0 Å². The average molecular weight is 351 g/mol. The van der Waals surface area contributed by atoms with Gasteiger partial charge in [-0.25, -0.2) is 0 Å². The van der Waals surface area contributed by atoms with Gasteiger partial charge in [-0.05, 0) is 56.7 Å².